The summed E-state index contributed by atoms with van der Waals surface area (Å²) in [5, 5.41) is 0.568. The van der Waals surface area contributed by atoms with Crippen molar-refractivity contribution < 1.29 is 19.2 Å². The van der Waals surface area contributed by atoms with E-state index < -0.39 is 23.2 Å². The van der Waals surface area contributed by atoms with Crippen LogP contribution in [0.4, 0.5) is 0 Å². The van der Waals surface area contributed by atoms with Gasteiger partial charge in [-0.25, -0.2) is 4.79 Å². The quantitative estimate of drug-likeness (QED) is 0.439. The number of allylic oxidation sites excluding steroid dienone is 1. The molecule has 1 aliphatic rings. The van der Waals surface area contributed by atoms with E-state index in [9.17, 15) is 14.4 Å². The summed E-state index contributed by atoms with van der Waals surface area (Å²) in [4.78, 5) is 41.8. The van der Waals surface area contributed by atoms with E-state index in [0.29, 0.717) is 11.5 Å². The van der Waals surface area contributed by atoms with E-state index in [1.54, 1.807) is 38.1 Å². The van der Waals surface area contributed by atoms with Crippen molar-refractivity contribution in [1.82, 2.24) is 5.06 Å². The highest BCUT2D eigenvalue weighted by Gasteiger charge is 2.41. The van der Waals surface area contributed by atoms with Crippen molar-refractivity contribution in [2.75, 3.05) is 0 Å². The highest BCUT2D eigenvalue weighted by Crippen LogP contribution is 2.29. The first-order chi connectivity index (χ1) is 10.9. The topological polar surface area (TPSA) is 63.7 Å². The molecule has 1 aromatic carbocycles. The summed E-state index contributed by atoms with van der Waals surface area (Å²) in [5.74, 6) is -1.77. The Labute approximate surface area is 135 Å². The molecule has 0 bridgehead atoms. The fraction of sp³-hybridized carbons (Fsp3) is 0.389. The van der Waals surface area contributed by atoms with Crippen LogP contribution in [-0.2, 0) is 9.63 Å². The SMILES string of the molecule is C=CCCCCC(C)(C)C(=O)ON1C(=O)c2ccccc2C1=O. The monoisotopic (exact) mass is 315 g/mol. The molecule has 5 heteroatoms. The van der Waals surface area contributed by atoms with Crippen molar-refractivity contribution in [2.24, 2.45) is 5.41 Å². The maximum atomic E-state index is 12.3. The minimum Gasteiger partial charge on any atom is -0.329 e. The van der Waals surface area contributed by atoms with Crippen LogP contribution >= 0.6 is 0 Å². The number of nitrogens with zero attached hydrogens (tertiary/aromatic N) is 1. The first-order valence-corrected chi connectivity index (χ1v) is 7.69. The van der Waals surface area contributed by atoms with Crippen molar-refractivity contribution in [3.8, 4) is 0 Å². The van der Waals surface area contributed by atoms with Crippen LogP contribution in [0.5, 0.6) is 0 Å². The Morgan fingerprint density at radius 2 is 1.74 bits per heavy atom. The summed E-state index contributed by atoms with van der Waals surface area (Å²) in [7, 11) is 0. The first-order valence-electron chi connectivity index (χ1n) is 7.69. The smallest absolute Gasteiger partial charge is 0.329 e. The molecule has 0 N–H and O–H groups in total. The van der Waals surface area contributed by atoms with Gasteiger partial charge in [-0.1, -0.05) is 29.7 Å². The lowest BCUT2D eigenvalue weighted by Gasteiger charge is -2.24. The molecule has 5 nitrogen and oxygen atoms in total. The fourth-order valence-corrected chi connectivity index (χ4v) is 2.41. The molecule has 0 unspecified atom stereocenters. The summed E-state index contributed by atoms with van der Waals surface area (Å²) in [6.45, 7) is 7.16. The van der Waals surface area contributed by atoms with Gasteiger partial charge >= 0.3 is 5.97 Å². The average Bonchev–Trinajstić information content (AvgIpc) is 2.77. The van der Waals surface area contributed by atoms with E-state index in [1.807, 2.05) is 6.08 Å². The second-order valence-electron chi connectivity index (χ2n) is 6.25. The lowest BCUT2D eigenvalue weighted by molar-refractivity contribution is -0.179. The predicted octanol–water partition coefficient (Wildman–Crippen LogP) is 3.51. The summed E-state index contributed by atoms with van der Waals surface area (Å²) in [6.07, 6.45) is 5.12. The van der Waals surface area contributed by atoms with Gasteiger partial charge in [-0.2, -0.15) is 0 Å². The molecule has 0 spiro atoms. The summed E-state index contributed by atoms with van der Waals surface area (Å²) in [5.41, 5.74) is -0.251. The number of amides is 2. The highest BCUT2D eigenvalue weighted by molar-refractivity contribution is 6.20. The Hall–Kier alpha value is -2.43. The standard InChI is InChI=1S/C18H21NO4/c1-4-5-6-9-12-18(2,3)17(22)23-19-15(20)13-10-7-8-11-14(13)16(19)21/h4,7-8,10-11H,1,5-6,9,12H2,2-3H3. The van der Waals surface area contributed by atoms with Crippen molar-refractivity contribution in [3.63, 3.8) is 0 Å². The third-order valence-corrected chi connectivity index (χ3v) is 3.94. The lowest BCUT2D eigenvalue weighted by Crippen LogP contribution is -2.38. The number of rotatable bonds is 7. The minimum absolute atomic E-state index is 0.258. The van der Waals surface area contributed by atoms with E-state index in [2.05, 4.69) is 6.58 Å². The molecule has 0 radical (unpaired) electrons. The number of carbonyl (C=O) groups excluding carboxylic acids is 3. The van der Waals surface area contributed by atoms with E-state index in [4.69, 9.17) is 4.84 Å². The van der Waals surface area contributed by atoms with Gasteiger partial charge in [0.2, 0.25) is 0 Å². The molecule has 0 fully saturated rings. The van der Waals surface area contributed by atoms with Crippen molar-refractivity contribution in [1.29, 1.82) is 0 Å². The molecule has 1 aliphatic heterocycles. The second-order valence-corrected chi connectivity index (χ2v) is 6.25. The van der Waals surface area contributed by atoms with Gasteiger partial charge in [-0.05, 0) is 45.2 Å². The highest BCUT2D eigenvalue weighted by atomic mass is 16.7. The zero-order chi connectivity index (χ0) is 17.0. The molecule has 23 heavy (non-hydrogen) atoms. The number of carbonyl (C=O) groups is 3. The lowest BCUT2D eigenvalue weighted by atomic mass is 9.87. The number of unbranched alkanes of at least 4 members (excludes halogenated alkanes) is 2. The van der Waals surface area contributed by atoms with Gasteiger partial charge < -0.3 is 4.84 Å². The van der Waals surface area contributed by atoms with E-state index in [-0.39, 0.29) is 11.1 Å². The van der Waals surface area contributed by atoms with Crippen LogP contribution in [0.3, 0.4) is 0 Å². The molecule has 0 saturated heterocycles. The normalized spacial score (nSPS) is 13.9. The summed E-state index contributed by atoms with van der Waals surface area (Å²) >= 11 is 0. The molecule has 2 rings (SSSR count). The number of hydrogen-bond acceptors (Lipinski definition) is 4. The van der Waals surface area contributed by atoms with E-state index in [0.717, 1.165) is 19.3 Å². The molecule has 122 valence electrons. The largest absolute Gasteiger partial charge is 0.338 e. The number of imide groups is 1. The van der Waals surface area contributed by atoms with Crippen LogP contribution in [0.1, 0.15) is 60.2 Å². The van der Waals surface area contributed by atoms with Crippen LogP contribution in [0.15, 0.2) is 36.9 Å². The Morgan fingerprint density at radius 3 is 2.26 bits per heavy atom. The zero-order valence-corrected chi connectivity index (χ0v) is 13.5. The minimum atomic E-state index is -0.767. The van der Waals surface area contributed by atoms with E-state index >= 15 is 0 Å². The first kappa shape index (κ1) is 16.9. The zero-order valence-electron chi connectivity index (χ0n) is 13.5. The molecule has 0 saturated carbocycles. The average molecular weight is 315 g/mol. The maximum absolute atomic E-state index is 12.3. The van der Waals surface area contributed by atoms with Gasteiger partial charge in [0.05, 0.1) is 16.5 Å². The van der Waals surface area contributed by atoms with Gasteiger partial charge in [-0.3, -0.25) is 9.59 Å². The van der Waals surface area contributed by atoms with Crippen LogP contribution in [0, 0.1) is 5.41 Å². The molecule has 0 aromatic heterocycles. The summed E-state index contributed by atoms with van der Waals surface area (Å²) < 4.78 is 0. The van der Waals surface area contributed by atoms with Gasteiger partial charge in [0.25, 0.3) is 11.8 Å². The second kappa shape index (κ2) is 6.77. The van der Waals surface area contributed by atoms with Crippen molar-refractivity contribution in [3.05, 3.63) is 48.0 Å². The third kappa shape index (κ3) is 3.50. The van der Waals surface area contributed by atoms with Gasteiger partial charge in [0.15, 0.2) is 0 Å². The molecule has 2 amide bonds. The fourth-order valence-electron chi connectivity index (χ4n) is 2.41. The number of hydrogen-bond donors (Lipinski definition) is 0. The maximum Gasteiger partial charge on any atom is 0.338 e. The number of benzene rings is 1. The van der Waals surface area contributed by atoms with Crippen molar-refractivity contribution in [2.45, 2.75) is 39.5 Å². The predicted molar refractivity (Wildman–Crippen MR) is 85.5 cm³/mol. The third-order valence-electron chi connectivity index (χ3n) is 3.94. The molecule has 1 heterocycles. The Balaban J connectivity index is 2.02. The Morgan fingerprint density at radius 1 is 1.17 bits per heavy atom. The van der Waals surface area contributed by atoms with Crippen LogP contribution < -0.4 is 0 Å². The van der Waals surface area contributed by atoms with Gasteiger partial charge in [0.1, 0.15) is 0 Å². The molecule has 0 atom stereocenters. The van der Waals surface area contributed by atoms with E-state index in [1.165, 1.54) is 0 Å². The van der Waals surface area contributed by atoms with Gasteiger partial charge in [0, 0.05) is 0 Å². The van der Waals surface area contributed by atoms with Crippen molar-refractivity contribution >= 4 is 17.8 Å². The Bertz CT molecular complexity index is 613. The molecular weight excluding hydrogens is 294 g/mol. The molecule has 1 aromatic rings. The van der Waals surface area contributed by atoms with Gasteiger partial charge in [-0.15, -0.1) is 6.58 Å². The Kier molecular flexibility index (Phi) is 4.98. The van der Waals surface area contributed by atoms with Crippen LogP contribution in [0.25, 0.3) is 0 Å². The van der Waals surface area contributed by atoms with Crippen LogP contribution in [0.2, 0.25) is 0 Å². The number of fused-ring (bicyclic) bond motifs is 1. The molecular formula is C18H21NO4. The van der Waals surface area contributed by atoms with Crippen LogP contribution in [-0.4, -0.2) is 22.8 Å². The number of hydroxylamine groups is 2. The summed E-state index contributed by atoms with van der Waals surface area (Å²) in [6, 6.07) is 6.42. The molecule has 0 aliphatic carbocycles.